The third kappa shape index (κ3) is 3.91. The van der Waals surface area contributed by atoms with Gasteiger partial charge in [-0.1, -0.05) is 36.4 Å². The lowest BCUT2D eigenvalue weighted by Gasteiger charge is -2.36. The number of carbonyl (C=O) groups is 2. The van der Waals surface area contributed by atoms with E-state index in [0.717, 1.165) is 23.1 Å². The summed E-state index contributed by atoms with van der Waals surface area (Å²) in [6.07, 6.45) is 1.85. The highest BCUT2D eigenvalue weighted by molar-refractivity contribution is 7.89. The highest BCUT2D eigenvalue weighted by Crippen LogP contribution is 2.33. The van der Waals surface area contributed by atoms with Gasteiger partial charge in [0, 0.05) is 32.6 Å². The molecule has 0 bridgehead atoms. The van der Waals surface area contributed by atoms with Crippen LogP contribution in [-0.4, -0.2) is 72.8 Å². The number of nitrogens with zero attached hydrogens (tertiary/aromatic N) is 3. The minimum absolute atomic E-state index is 0.172. The highest BCUT2D eigenvalue weighted by atomic mass is 32.2. The fourth-order valence-electron chi connectivity index (χ4n) is 5.26. The Morgan fingerprint density at radius 1 is 0.971 bits per heavy atom. The van der Waals surface area contributed by atoms with Crippen molar-refractivity contribution in [3.63, 3.8) is 0 Å². The third-order valence-corrected chi connectivity index (χ3v) is 9.35. The zero-order valence-electron chi connectivity index (χ0n) is 19.6. The zero-order chi connectivity index (χ0) is 24.1. The van der Waals surface area contributed by atoms with Crippen LogP contribution in [0.1, 0.15) is 28.7 Å². The van der Waals surface area contributed by atoms with E-state index in [4.69, 9.17) is 0 Å². The van der Waals surface area contributed by atoms with Gasteiger partial charge in [-0.25, -0.2) is 18.1 Å². The van der Waals surface area contributed by atoms with Crippen LogP contribution < -0.4 is 5.32 Å². The summed E-state index contributed by atoms with van der Waals surface area (Å²) in [4.78, 5) is 29.8. The van der Waals surface area contributed by atoms with Gasteiger partial charge in [-0.2, -0.15) is 4.31 Å². The molecule has 3 amide bonds. The number of nitrogens with one attached hydrogen (secondary N) is 1. The summed E-state index contributed by atoms with van der Waals surface area (Å²) in [6, 6.07) is 13.1. The Kier molecular flexibility index (Phi) is 5.74. The molecule has 5 rings (SSSR count). The molecule has 34 heavy (non-hydrogen) atoms. The summed E-state index contributed by atoms with van der Waals surface area (Å²) in [7, 11) is -3.59. The predicted octanol–water partition coefficient (Wildman–Crippen LogP) is 2.05. The molecule has 9 heteroatoms. The second-order valence-corrected chi connectivity index (χ2v) is 11.5. The van der Waals surface area contributed by atoms with Crippen molar-refractivity contribution in [3.05, 3.63) is 64.7 Å². The number of carbonyl (C=O) groups excluding carboxylic acids is 2. The quantitative estimate of drug-likeness (QED) is 0.674. The maximum absolute atomic E-state index is 13.4. The molecule has 2 fully saturated rings. The number of sulfonamides is 1. The van der Waals surface area contributed by atoms with Crippen LogP contribution in [-0.2, 0) is 27.7 Å². The van der Waals surface area contributed by atoms with E-state index >= 15 is 0 Å². The van der Waals surface area contributed by atoms with E-state index < -0.39 is 15.6 Å². The molecule has 3 aliphatic rings. The molecule has 0 radical (unpaired) electrons. The minimum atomic E-state index is -3.59. The van der Waals surface area contributed by atoms with Crippen LogP contribution in [0.3, 0.4) is 0 Å². The summed E-state index contributed by atoms with van der Waals surface area (Å²) < 4.78 is 27.9. The largest absolute Gasteiger partial charge is 0.326 e. The Hall–Kier alpha value is -2.75. The van der Waals surface area contributed by atoms with Gasteiger partial charge in [-0.15, -0.1) is 0 Å². The smallest absolute Gasteiger partial charge is 0.323 e. The normalized spacial score (nSPS) is 23.9. The summed E-state index contributed by atoms with van der Waals surface area (Å²) in [5.74, 6) is -0.183. The maximum Gasteiger partial charge on any atom is 0.326 e. The topological polar surface area (TPSA) is 90.0 Å². The third-order valence-electron chi connectivity index (χ3n) is 7.31. The van der Waals surface area contributed by atoms with Gasteiger partial charge in [-0.3, -0.25) is 9.69 Å². The van der Waals surface area contributed by atoms with Crippen LogP contribution in [0, 0.1) is 13.8 Å². The number of benzene rings is 2. The minimum Gasteiger partial charge on any atom is -0.323 e. The first kappa shape index (κ1) is 23.0. The highest BCUT2D eigenvalue weighted by Gasteiger charge is 2.52. The molecule has 2 aliphatic heterocycles. The SMILES string of the molecule is Cc1ccc(C)c(S(=O)(=O)N2CCN(CN3C(=O)NC4(CCc5ccccc5C4)C3=O)CC2)c1. The summed E-state index contributed by atoms with van der Waals surface area (Å²) in [6.45, 7) is 5.40. The van der Waals surface area contributed by atoms with Crippen LogP contribution in [0.2, 0.25) is 0 Å². The predicted molar refractivity (Wildman–Crippen MR) is 128 cm³/mol. The van der Waals surface area contributed by atoms with Crippen LogP contribution in [0.25, 0.3) is 0 Å². The molecule has 1 spiro atoms. The molecule has 1 aliphatic carbocycles. The first-order chi connectivity index (χ1) is 16.2. The van der Waals surface area contributed by atoms with E-state index in [2.05, 4.69) is 11.4 Å². The van der Waals surface area contributed by atoms with E-state index in [-0.39, 0.29) is 18.6 Å². The van der Waals surface area contributed by atoms with Gasteiger partial charge in [0.05, 0.1) is 11.6 Å². The van der Waals surface area contributed by atoms with Gasteiger partial charge in [-0.05, 0) is 55.0 Å². The van der Waals surface area contributed by atoms with Crippen LogP contribution >= 0.6 is 0 Å². The van der Waals surface area contributed by atoms with Gasteiger partial charge < -0.3 is 5.32 Å². The van der Waals surface area contributed by atoms with Crippen molar-refractivity contribution in [2.45, 2.75) is 43.5 Å². The van der Waals surface area contributed by atoms with Gasteiger partial charge in [0.1, 0.15) is 5.54 Å². The van der Waals surface area contributed by atoms with E-state index in [1.54, 1.807) is 13.0 Å². The Morgan fingerprint density at radius 3 is 2.41 bits per heavy atom. The number of fused-ring (bicyclic) bond motifs is 1. The number of aryl methyl sites for hydroxylation is 3. The standard InChI is InChI=1S/C25H30N4O4S/c1-18-7-8-19(2)22(15-18)34(32,33)28-13-11-27(12-14-28)17-29-23(30)25(26-24(29)31)10-9-20-5-3-4-6-21(20)16-25/h3-8,15H,9-14,16-17H2,1-2H3,(H,26,31). The Balaban J connectivity index is 1.24. The first-order valence-corrected chi connectivity index (χ1v) is 13.1. The average Bonchev–Trinajstić information content (AvgIpc) is 3.04. The van der Waals surface area contributed by atoms with Crippen molar-refractivity contribution in [1.82, 2.24) is 19.4 Å². The van der Waals surface area contributed by atoms with Crippen molar-refractivity contribution >= 4 is 22.0 Å². The van der Waals surface area contributed by atoms with Crippen molar-refractivity contribution in [2.24, 2.45) is 0 Å². The first-order valence-electron chi connectivity index (χ1n) is 11.7. The lowest BCUT2D eigenvalue weighted by Crippen LogP contribution is -2.54. The number of piperazine rings is 1. The number of urea groups is 1. The lowest BCUT2D eigenvalue weighted by molar-refractivity contribution is -0.133. The van der Waals surface area contributed by atoms with E-state index in [1.807, 2.05) is 42.2 Å². The number of hydrogen-bond donors (Lipinski definition) is 1. The van der Waals surface area contributed by atoms with Gasteiger partial charge in [0.2, 0.25) is 10.0 Å². The van der Waals surface area contributed by atoms with E-state index in [0.29, 0.717) is 43.9 Å². The number of hydrogen-bond acceptors (Lipinski definition) is 5. The molecule has 1 unspecified atom stereocenters. The molecule has 180 valence electrons. The number of amides is 3. The van der Waals surface area contributed by atoms with Crippen molar-refractivity contribution < 1.29 is 18.0 Å². The summed E-state index contributed by atoms with van der Waals surface area (Å²) in [5, 5.41) is 2.97. The van der Waals surface area contributed by atoms with E-state index in [9.17, 15) is 18.0 Å². The summed E-state index contributed by atoms with van der Waals surface area (Å²) in [5.41, 5.74) is 3.09. The number of rotatable bonds is 4. The molecule has 2 saturated heterocycles. The van der Waals surface area contributed by atoms with Crippen LogP contribution in [0.4, 0.5) is 4.79 Å². The van der Waals surface area contributed by atoms with Gasteiger partial charge in [0.15, 0.2) is 0 Å². The second kappa shape index (κ2) is 8.48. The Morgan fingerprint density at radius 2 is 1.68 bits per heavy atom. The van der Waals surface area contributed by atoms with Crippen molar-refractivity contribution in [2.75, 3.05) is 32.8 Å². The van der Waals surface area contributed by atoms with E-state index in [1.165, 1.54) is 14.8 Å². The van der Waals surface area contributed by atoms with Crippen LogP contribution in [0.5, 0.6) is 0 Å². The second-order valence-electron chi connectivity index (χ2n) is 9.62. The van der Waals surface area contributed by atoms with Gasteiger partial charge in [0.25, 0.3) is 5.91 Å². The average molecular weight is 483 g/mol. The Labute approximate surface area is 200 Å². The molecule has 0 aromatic heterocycles. The number of imide groups is 1. The van der Waals surface area contributed by atoms with Crippen molar-refractivity contribution in [1.29, 1.82) is 0 Å². The summed E-state index contributed by atoms with van der Waals surface area (Å²) >= 11 is 0. The fourth-order valence-corrected chi connectivity index (χ4v) is 7.00. The molecule has 2 heterocycles. The molecule has 2 aromatic rings. The van der Waals surface area contributed by atoms with Crippen LogP contribution in [0.15, 0.2) is 47.4 Å². The molecule has 0 saturated carbocycles. The maximum atomic E-state index is 13.4. The Bertz CT molecular complexity index is 1250. The molecule has 8 nitrogen and oxygen atoms in total. The molecule has 1 atom stereocenters. The molecule has 1 N–H and O–H groups in total. The monoisotopic (exact) mass is 482 g/mol. The molecular weight excluding hydrogens is 452 g/mol. The molecular formula is C25H30N4O4S. The molecule has 2 aromatic carbocycles. The zero-order valence-corrected chi connectivity index (χ0v) is 20.4. The fraction of sp³-hybridized carbons (Fsp3) is 0.440. The van der Waals surface area contributed by atoms with Crippen molar-refractivity contribution in [3.8, 4) is 0 Å². The lowest BCUT2D eigenvalue weighted by atomic mass is 9.78. The van der Waals surface area contributed by atoms with Gasteiger partial charge >= 0.3 is 6.03 Å².